The van der Waals surface area contributed by atoms with Crippen LogP contribution in [0, 0.1) is 0 Å². The van der Waals surface area contributed by atoms with Crippen molar-refractivity contribution < 1.29 is 14.6 Å². The highest BCUT2D eigenvalue weighted by molar-refractivity contribution is 6.30. The summed E-state index contributed by atoms with van der Waals surface area (Å²) in [5, 5.41) is 10.0. The largest absolute Gasteiger partial charge is 0.496 e. The summed E-state index contributed by atoms with van der Waals surface area (Å²) in [5.41, 5.74) is 1.55. The minimum absolute atomic E-state index is 0.396. The first-order chi connectivity index (χ1) is 9.61. The molecule has 0 bridgehead atoms. The van der Waals surface area contributed by atoms with Crippen molar-refractivity contribution in [3.05, 3.63) is 64.7 Å². The Kier molecular flexibility index (Phi) is 4.64. The summed E-state index contributed by atoms with van der Waals surface area (Å²) in [6, 6.07) is 14.5. The molecule has 0 radical (unpaired) electrons. The van der Waals surface area contributed by atoms with Crippen molar-refractivity contribution >= 4 is 17.6 Å². The summed E-state index contributed by atoms with van der Waals surface area (Å²) in [4.78, 5) is 11.6. The van der Waals surface area contributed by atoms with Gasteiger partial charge in [0.15, 0.2) is 0 Å². The molecule has 0 aliphatic rings. The van der Waals surface area contributed by atoms with Crippen LogP contribution in [0.25, 0.3) is 0 Å². The van der Waals surface area contributed by atoms with E-state index < -0.39 is 11.9 Å². The van der Waals surface area contributed by atoms with E-state index >= 15 is 0 Å². The fraction of sp³-hybridized carbons (Fsp3) is 0.188. The SMILES string of the molecule is COc1ccc(Cl)cc1C(Cc1ccccc1)C(=O)O. The number of methoxy groups -OCH3 is 1. The van der Waals surface area contributed by atoms with Crippen molar-refractivity contribution in [2.75, 3.05) is 7.11 Å². The van der Waals surface area contributed by atoms with Gasteiger partial charge in [-0.3, -0.25) is 4.79 Å². The lowest BCUT2D eigenvalue weighted by Crippen LogP contribution is -2.15. The van der Waals surface area contributed by atoms with Crippen LogP contribution in [0.1, 0.15) is 17.0 Å². The number of halogens is 1. The summed E-state index contributed by atoms with van der Waals surface area (Å²) in [7, 11) is 1.52. The molecule has 3 nitrogen and oxygen atoms in total. The smallest absolute Gasteiger partial charge is 0.311 e. The van der Waals surface area contributed by atoms with Crippen LogP contribution in [-0.4, -0.2) is 18.2 Å². The van der Waals surface area contributed by atoms with Gasteiger partial charge >= 0.3 is 5.97 Å². The molecule has 20 heavy (non-hydrogen) atoms. The van der Waals surface area contributed by atoms with E-state index in [0.717, 1.165) is 5.56 Å². The van der Waals surface area contributed by atoms with Gasteiger partial charge in [0.1, 0.15) is 5.75 Å². The number of carboxylic acids is 1. The predicted octanol–water partition coefficient (Wildman–Crippen LogP) is 3.76. The molecule has 1 unspecified atom stereocenters. The molecule has 0 amide bonds. The second kappa shape index (κ2) is 6.44. The molecule has 4 heteroatoms. The number of hydrogen-bond acceptors (Lipinski definition) is 2. The standard InChI is InChI=1S/C16H15ClO3/c1-20-15-8-7-12(17)10-13(15)14(16(18)19)9-11-5-3-2-4-6-11/h2-8,10,14H,9H2,1H3,(H,18,19). The summed E-state index contributed by atoms with van der Waals surface area (Å²) >= 11 is 5.98. The number of carbonyl (C=O) groups is 1. The molecule has 0 heterocycles. The Bertz CT molecular complexity index is 596. The highest BCUT2D eigenvalue weighted by Crippen LogP contribution is 2.32. The van der Waals surface area contributed by atoms with Crippen LogP contribution in [0.15, 0.2) is 48.5 Å². The molecule has 2 aromatic rings. The van der Waals surface area contributed by atoms with Crippen LogP contribution in [0.4, 0.5) is 0 Å². The Balaban J connectivity index is 2.38. The van der Waals surface area contributed by atoms with Gasteiger partial charge in [0.25, 0.3) is 0 Å². The summed E-state index contributed by atoms with van der Waals surface area (Å²) in [6.07, 6.45) is 0.396. The Morgan fingerprint density at radius 3 is 2.55 bits per heavy atom. The number of benzene rings is 2. The molecule has 0 aliphatic carbocycles. The normalized spacial score (nSPS) is 11.9. The maximum absolute atomic E-state index is 11.6. The summed E-state index contributed by atoms with van der Waals surface area (Å²) in [5.74, 6) is -1.04. The third kappa shape index (κ3) is 3.31. The zero-order chi connectivity index (χ0) is 14.5. The van der Waals surface area contributed by atoms with E-state index in [2.05, 4.69) is 0 Å². The molecule has 0 aromatic heterocycles. The van der Waals surface area contributed by atoms with Crippen molar-refractivity contribution in [2.45, 2.75) is 12.3 Å². The molecule has 2 aromatic carbocycles. The third-order valence-corrected chi connectivity index (χ3v) is 3.38. The lowest BCUT2D eigenvalue weighted by molar-refractivity contribution is -0.138. The average molecular weight is 291 g/mol. The van der Waals surface area contributed by atoms with Gasteiger partial charge in [-0.25, -0.2) is 0 Å². The van der Waals surface area contributed by atoms with E-state index in [9.17, 15) is 9.90 Å². The van der Waals surface area contributed by atoms with Crippen LogP contribution >= 0.6 is 11.6 Å². The van der Waals surface area contributed by atoms with Crippen LogP contribution in [0.3, 0.4) is 0 Å². The van der Waals surface area contributed by atoms with Gasteiger partial charge in [-0.1, -0.05) is 41.9 Å². The van der Waals surface area contributed by atoms with Gasteiger partial charge < -0.3 is 9.84 Å². The maximum atomic E-state index is 11.6. The molecule has 0 saturated carbocycles. The first-order valence-electron chi connectivity index (χ1n) is 6.22. The van der Waals surface area contributed by atoms with Gasteiger partial charge in [-0.05, 0) is 30.2 Å². The highest BCUT2D eigenvalue weighted by Gasteiger charge is 2.24. The highest BCUT2D eigenvalue weighted by atomic mass is 35.5. The van der Waals surface area contributed by atoms with E-state index in [4.69, 9.17) is 16.3 Å². The number of ether oxygens (including phenoxy) is 1. The number of hydrogen-bond donors (Lipinski definition) is 1. The van der Waals surface area contributed by atoms with E-state index in [0.29, 0.717) is 22.8 Å². The fourth-order valence-electron chi connectivity index (χ4n) is 2.16. The maximum Gasteiger partial charge on any atom is 0.311 e. The molecule has 104 valence electrons. The molecule has 1 N–H and O–H groups in total. The molecule has 0 aliphatic heterocycles. The molecular formula is C16H15ClO3. The Labute approximate surface area is 122 Å². The van der Waals surface area contributed by atoms with E-state index in [-0.39, 0.29) is 0 Å². The van der Waals surface area contributed by atoms with Crippen molar-refractivity contribution in [2.24, 2.45) is 0 Å². The molecule has 0 saturated heterocycles. The van der Waals surface area contributed by atoms with Crippen LogP contribution in [-0.2, 0) is 11.2 Å². The first-order valence-corrected chi connectivity index (χ1v) is 6.59. The number of rotatable bonds is 5. The van der Waals surface area contributed by atoms with Gasteiger partial charge in [0.2, 0.25) is 0 Å². The molecule has 0 fully saturated rings. The molecular weight excluding hydrogens is 276 g/mol. The van der Waals surface area contributed by atoms with Crippen LogP contribution in [0.2, 0.25) is 5.02 Å². The lowest BCUT2D eigenvalue weighted by atomic mass is 9.91. The molecule has 0 spiro atoms. The third-order valence-electron chi connectivity index (χ3n) is 3.15. The molecule has 2 rings (SSSR count). The first kappa shape index (κ1) is 14.4. The van der Waals surface area contributed by atoms with Gasteiger partial charge in [0, 0.05) is 10.6 Å². The number of carboxylic acid groups (broad SMARTS) is 1. The second-order valence-corrected chi connectivity index (χ2v) is 4.90. The van der Waals surface area contributed by atoms with Crippen LogP contribution < -0.4 is 4.74 Å². The van der Waals surface area contributed by atoms with Crippen LogP contribution in [0.5, 0.6) is 5.75 Å². The van der Waals surface area contributed by atoms with Gasteiger partial charge in [-0.2, -0.15) is 0 Å². The average Bonchev–Trinajstić information content (AvgIpc) is 2.45. The number of aliphatic carboxylic acids is 1. The monoisotopic (exact) mass is 290 g/mol. The summed E-state index contributed by atoms with van der Waals surface area (Å²) in [6.45, 7) is 0. The van der Waals surface area contributed by atoms with Gasteiger partial charge in [-0.15, -0.1) is 0 Å². The minimum Gasteiger partial charge on any atom is -0.496 e. The minimum atomic E-state index is -0.894. The predicted molar refractivity (Wildman–Crippen MR) is 78.5 cm³/mol. The Hall–Kier alpha value is -2.00. The van der Waals surface area contributed by atoms with E-state index in [1.165, 1.54) is 7.11 Å². The van der Waals surface area contributed by atoms with Crippen molar-refractivity contribution in [3.63, 3.8) is 0 Å². The topological polar surface area (TPSA) is 46.5 Å². The van der Waals surface area contributed by atoms with Gasteiger partial charge in [0.05, 0.1) is 13.0 Å². The van der Waals surface area contributed by atoms with Crippen molar-refractivity contribution in [1.29, 1.82) is 0 Å². The summed E-state index contributed by atoms with van der Waals surface area (Å²) < 4.78 is 5.25. The fourth-order valence-corrected chi connectivity index (χ4v) is 2.34. The Morgan fingerprint density at radius 2 is 1.95 bits per heavy atom. The zero-order valence-corrected chi connectivity index (χ0v) is 11.8. The van der Waals surface area contributed by atoms with Crippen molar-refractivity contribution in [3.8, 4) is 5.75 Å². The lowest BCUT2D eigenvalue weighted by Gasteiger charge is -2.16. The zero-order valence-electron chi connectivity index (χ0n) is 11.0. The molecule has 1 atom stereocenters. The second-order valence-electron chi connectivity index (χ2n) is 4.47. The quantitative estimate of drug-likeness (QED) is 0.912. The Morgan fingerprint density at radius 1 is 1.25 bits per heavy atom. The van der Waals surface area contributed by atoms with E-state index in [1.807, 2.05) is 30.3 Å². The van der Waals surface area contributed by atoms with E-state index in [1.54, 1.807) is 18.2 Å². The van der Waals surface area contributed by atoms with Crippen molar-refractivity contribution in [1.82, 2.24) is 0 Å².